The van der Waals surface area contributed by atoms with Crippen molar-refractivity contribution >= 4 is 10.0 Å². The van der Waals surface area contributed by atoms with E-state index in [4.69, 9.17) is 5.11 Å². The molecule has 0 aromatic heterocycles. The lowest BCUT2D eigenvalue weighted by Gasteiger charge is -2.34. The van der Waals surface area contributed by atoms with Gasteiger partial charge in [-0.05, 0) is 12.1 Å². The Kier molecular flexibility index (Phi) is 5.28. The lowest BCUT2D eigenvalue weighted by molar-refractivity contribution is 0.0491. The monoisotopic (exact) mass is 318 g/mol. The quantitative estimate of drug-likeness (QED) is 0.764. The summed E-state index contributed by atoms with van der Waals surface area (Å²) in [5, 5.41) is 18.2. The molecular formula is C13H19FN2O4S. The molecule has 1 atom stereocenters. The molecular weight excluding hydrogens is 299 g/mol. The Morgan fingerprint density at radius 1 is 1.19 bits per heavy atom. The maximum absolute atomic E-state index is 13.7. The second-order valence-corrected chi connectivity index (χ2v) is 6.88. The summed E-state index contributed by atoms with van der Waals surface area (Å²) in [6.07, 6.45) is -0.834. The van der Waals surface area contributed by atoms with Crippen LogP contribution in [0, 0.1) is 5.82 Å². The molecule has 1 aromatic carbocycles. The molecule has 2 rings (SSSR count). The van der Waals surface area contributed by atoms with E-state index in [0.717, 1.165) is 6.07 Å². The van der Waals surface area contributed by atoms with Crippen molar-refractivity contribution < 1.29 is 23.0 Å². The summed E-state index contributed by atoms with van der Waals surface area (Å²) in [6, 6.07) is 5.32. The molecule has 21 heavy (non-hydrogen) atoms. The van der Waals surface area contributed by atoms with Gasteiger partial charge in [-0.15, -0.1) is 0 Å². The molecule has 8 heteroatoms. The van der Waals surface area contributed by atoms with Crippen LogP contribution in [0.15, 0.2) is 29.2 Å². The van der Waals surface area contributed by atoms with Gasteiger partial charge in [0.25, 0.3) is 0 Å². The summed E-state index contributed by atoms with van der Waals surface area (Å²) in [5.41, 5.74) is 0. The summed E-state index contributed by atoms with van der Waals surface area (Å²) in [6.45, 7) is 1.30. The van der Waals surface area contributed by atoms with E-state index in [1.165, 1.54) is 22.5 Å². The molecule has 1 unspecified atom stereocenters. The zero-order chi connectivity index (χ0) is 15.5. The molecule has 1 aliphatic heterocycles. The maximum atomic E-state index is 13.7. The number of β-amino-alcohol motifs (C(OH)–C–C–N with tert-alkyl or cyclic N) is 1. The predicted molar refractivity (Wildman–Crippen MR) is 74.7 cm³/mol. The second kappa shape index (κ2) is 6.80. The molecule has 1 fully saturated rings. The van der Waals surface area contributed by atoms with E-state index in [0.29, 0.717) is 19.6 Å². The average Bonchev–Trinajstić information content (AvgIpc) is 2.48. The predicted octanol–water partition coefficient (Wildman–Crippen LogP) is -0.515. The molecule has 1 aliphatic rings. The van der Waals surface area contributed by atoms with E-state index in [2.05, 4.69) is 0 Å². The highest BCUT2D eigenvalue weighted by Gasteiger charge is 2.30. The normalized spacial score (nSPS) is 19.6. The van der Waals surface area contributed by atoms with Gasteiger partial charge in [-0.3, -0.25) is 4.90 Å². The van der Waals surface area contributed by atoms with Crippen molar-refractivity contribution in [1.29, 1.82) is 0 Å². The van der Waals surface area contributed by atoms with Gasteiger partial charge in [-0.2, -0.15) is 4.31 Å². The standard InChI is InChI=1S/C13H19FN2O4S/c14-12-3-1-2-4-13(12)21(19,20)16-7-5-15(6-8-16)9-11(18)10-17/h1-4,11,17-18H,5-10H2. The van der Waals surface area contributed by atoms with E-state index < -0.39 is 21.9 Å². The Labute approximate surface area is 123 Å². The molecule has 0 saturated carbocycles. The number of benzene rings is 1. The van der Waals surface area contributed by atoms with Gasteiger partial charge in [-0.1, -0.05) is 12.1 Å². The number of hydrogen-bond donors (Lipinski definition) is 2. The summed E-state index contributed by atoms with van der Waals surface area (Å²) in [5.74, 6) is -0.754. The van der Waals surface area contributed by atoms with Crippen molar-refractivity contribution in [3.8, 4) is 0 Å². The first-order valence-electron chi connectivity index (χ1n) is 6.71. The number of aliphatic hydroxyl groups excluding tert-OH is 2. The summed E-state index contributed by atoms with van der Waals surface area (Å²) in [7, 11) is -3.83. The van der Waals surface area contributed by atoms with Crippen LogP contribution in [0.3, 0.4) is 0 Å². The van der Waals surface area contributed by atoms with E-state index in [9.17, 15) is 17.9 Å². The van der Waals surface area contributed by atoms with Crippen LogP contribution >= 0.6 is 0 Å². The molecule has 0 spiro atoms. The second-order valence-electron chi connectivity index (χ2n) is 4.97. The van der Waals surface area contributed by atoms with Gasteiger partial charge in [0.1, 0.15) is 10.7 Å². The number of piperazine rings is 1. The number of sulfonamides is 1. The molecule has 1 heterocycles. The first kappa shape index (κ1) is 16.3. The minimum atomic E-state index is -3.83. The Bertz CT molecular complexity index is 573. The molecule has 0 bridgehead atoms. The number of aliphatic hydroxyl groups is 2. The molecule has 6 nitrogen and oxygen atoms in total. The number of hydrogen-bond acceptors (Lipinski definition) is 5. The zero-order valence-electron chi connectivity index (χ0n) is 11.5. The Balaban J connectivity index is 2.03. The summed E-state index contributed by atoms with van der Waals surface area (Å²) < 4.78 is 39.6. The number of halogens is 1. The maximum Gasteiger partial charge on any atom is 0.246 e. The van der Waals surface area contributed by atoms with Crippen LogP contribution in [-0.4, -0.2) is 73.3 Å². The topological polar surface area (TPSA) is 81.1 Å². The van der Waals surface area contributed by atoms with Crippen LogP contribution in [-0.2, 0) is 10.0 Å². The minimum absolute atomic E-state index is 0.231. The van der Waals surface area contributed by atoms with Gasteiger partial charge in [0.15, 0.2) is 0 Å². The van der Waals surface area contributed by atoms with Gasteiger partial charge >= 0.3 is 0 Å². The van der Waals surface area contributed by atoms with Crippen LogP contribution < -0.4 is 0 Å². The highest BCUT2D eigenvalue weighted by atomic mass is 32.2. The van der Waals surface area contributed by atoms with Crippen molar-refractivity contribution in [2.75, 3.05) is 39.3 Å². The fraction of sp³-hybridized carbons (Fsp3) is 0.538. The van der Waals surface area contributed by atoms with Crippen LogP contribution in [0.1, 0.15) is 0 Å². The van der Waals surface area contributed by atoms with E-state index in [1.54, 1.807) is 0 Å². The SMILES string of the molecule is O=S(=O)(c1ccccc1F)N1CCN(CC(O)CO)CC1. The van der Waals surface area contributed by atoms with Crippen molar-refractivity contribution in [2.24, 2.45) is 0 Å². The largest absolute Gasteiger partial charge is 0.394 e. The molecule has 0 aliphatic carbocycles. The smallest absolute Gasteiger partial charge is 0.246 e. The molecule has 118 valence electrons. The van der Waals surface area contributed by atoms with Crippen molar-refractivity contribution in [3.05, 3.63) is 30.1 Å². The average molecular weight is 318 g/mol. The molecule has 2 N–H and O–H groups in total. The van der Waals surface area contributed by atoms with Gasteiger partial charge in [-0.25, -0.2) is 12.8 Å². The van der Waals surface area contributed by atoms with E-state index >= 15 is 0 Å². The van der Waals surface area contributed by atoms with Gasteiger partial charge in [0, 0.05) is 32.7 Å². The van der Waals surface area contributed by atoms with Crippen molar-refractivity contribution in [2.45, 2.75) is 11.0 Å². The van der Waals surface area contributed by atoms with Gasteiger partial charge in [0.05, 0.1) is 12.7 Å². The number of nitrogens with zero attached hydrogens (tertiary/aromatic N) is 2. The Morgan fingerprint density at radius 2 is 1.81 bits per heavy atom. The van der Waals surface area contributed by atoms with Crippen LogP contribution in [0.25, 0.3) is 0 Å². The van der Waals surface area contributed by atoms with Crippen LogP contribution in [0.2, 0.25) is 0 Å². The first-order valence-corrected chi connectivity index (χ1v) is 8.15. The number of rotatable bonds is 5. The highest BCUT2D eigenvalue weighted by Crippen LogP contribution is 2.20. The van der Waals surface area contributed by atoms with Gasteiger partial charge < -0.3 is 10.2 Å². The Morgan fingerprint density at radius 3 is 2.38 bits per heavy atom. The fourth-order valence-electron chi connectivity index (χ4n) is 2.30. The summed E-state index contributed by atoms with van der Waals surface area (Å²) in [4.78, 5) is 1.56. The Hall–Kier alpha value is -1.06. The third-order valence-electron chi connectivity index (χ3n) is 3.47. The fourth-order valence-corrected chi connectivity index (χ4v) is 3.79. The first-order chi connectivity index (χ1) is 9.95. The van der Waals surface area contributed by atoms with Crippen LogP contribution in [0.4, 0.5) is 4.39 Å². The lowest BCUT2D eigenvalue weighted by atomic mass is 10.3. The van der Waals surface area contributed by atoms with Gasteiger partial charge in [0.2, 0.25) is 10.0 Å². The highest BCUT2D eigenvalue weighted by molar-refractivity contribution is 7.89. The van der Waals surface area contributed by atoms with Crippen molar-refractivity contribution in [1.82, 2.24) is 9.21 Å². The third-order valence-corrected chi connectivity index (χ3v) is 5.40. The molecule has 1 aromatic rings. The zero-order valence-corrected chi connectivity index (χ0v) is 12.3. The van der Waals surface area contributed by atoms with E-state index in [-0.39, 0.29) is 24.6 Å². The summed E-state index contributed by atoms with van der Waals surface area (Å²) >= 11 is 0. The third kappa shape index (κ3) is 3.78. The molecule has 0 amide bonds. The van der Waals surface area contributed by atoms with Crippen LogP contribution in [0.5, 0.6) is 0 Å². The minimum Gasteiger partial charge on any atom is -0.394 e. The molecule has 0 radical (unpaired) electrons. The molecule has 1 saturated heterocycles. The van der Waals surface area contributed by atoms with Crippen molar-refractivity contribution in [3.63, 3.8) is 0 Å². The van der Waals surface area contributed by atoms with E-state index in [1.807, 2.05) is 4.90 Å². The lowest BCUT2D eigenvalue weighted by Crippen LogP contribution is -2.50.